The Kier molecular flexibility index (Phi) is 9.72. The van der Waals surface area contributed by atoms with Gasteiger partial charge in [0.1, 0.15) is 30.0 Å². The number of carbonyl (C=O) groups is 3. The van der Waals surface area contributed by atoms with E-state index in [1.165, 1.54) is 12.1 Å². The highest BCUT2D eigenvalue weighted by atomic mass is 28.3. The Balaban J connectivity index is 1.30. The van der Waals surface area contributed by atoms with Crippen molar-refractivity contribution in [3.05, 3.63) is 94.6 Å². The zero-order valence-electron chi connectivity index (χ0n) is 26.3. The second-order valence-corrected chi connectivity index (χ2v) is 17.9. The molecule has 1 saturated heterocycles. The van der Waals surface area contributed by atoms with E-state index in [4.69, 9.17) is 9.47 Å². The zero-order valence-corrected chi connectivity index (χ0v) is 27.3. The quantitative estimate of drug-likeness (QED) is 0.208. The molecular formula is C35H40F2N2O5Si. The number of hydrogen-bond donors (Lipinski definition) is 0. The Bertz CT molecular complexity index is 1550. The van der Waals surface area contributed by atoms with Crippen LogP contribution in [0.3, 0.4) is 0 Å². The van der Waals surface area contributed by atoms with Crippen molar-refractivity contribution < 1.29 is 32.6 Å². The standard InChI is InChI=1S/C35H40F2N2O5Si/c1-5-43-27-11-12-28-26(19-27)13-14-39(33(28)31(40)17-24-15-29(36)34(30(37)16-24)45(2,3)4)35(42)38-20-25(21-38)18-32(41)44-22-23-9-7-6-8-10-23/h6-12,15-16,19,25,33H,5,13-14,17-18,20-22H2,1-4H3. The number of likely N-dealkylation sites (tertiary alicyclic amines) is 1. The molecule has 2 heterocycles. The Morgan fingerprint density at radius 3 is 2.27 bits per heavy atom. The van der Waals surface area contributed by atoms with Crippen LogP contribution in [0.4, 0.5) is 13.6 Å². The number of amides is 2. The largest absolute Gasteiger partial charge is 0.494 e. The number of esters is 1. The van der Waals surface area contributed by atoms with Crippen LogP contribution in [0.25, 0.3) is 0 Å². The summed E-state index contributed by atoms with van der Waals surface area (Å²) in [5.74, 6) is -1.27. The predicted octanol–water partition coefficient (Wildman–Crippen LogP) is 5.81. The van der Waals surface area contributed by atoms with Gasteiger partial charge in [0.25, 0.3) is 0 Å². The van der Waals surface area contributed by atoms with Crippen LogP contribution in [0.1, 0.15) is 41.6 Å². The molecule has 45 heavy (non-hydrogen) atoms. The van der Waals surface area contributed by atoms with Crippen LogP contribution < -0.4 is 9.92 Å². The topological polar surface area (TPSA) is 76.2 Å². The number of rotatable bonds is 10. The van der Waals surface area contributed by atoms with E-state index < -0.39 is 25.8 Å². The molecular weight excluding hydrogens is 594 g/mol. The normalized spacial score (nSPS) is 16.5. The molecule has 7 nitrogen and oxygen atoms in total. The molecule has 0 aromatic heterocycles. The molecule has 1 atom stereocenters. The fourth-order valence-corrected chi connectivity index (χ4v) is 7.80. The maximum absolute atomic E-state index is 15.0. The predicted molar refractivity (Wildman–Crippen MR) is 170 cm³/mol. The highest BCUT2D eigenvalue weighted by Gasteiger charge is 2.41. The van der Waals surface area contributed by atoms with Gasteiger partial charge < -0.3 is 19.3 Å². The molecule has 1 unspecified atom stereocenters. The molecule has 0 aliphatic carbocycles. The summed E-state index contributed by atoms with van der Waals surface area (Å²) in [5, 5.41) is 0.109. The maximum Gasteiger partial charge on any atom is 0.320 e. The smallest absolute Gasteiger partial charge is 0.320 e. The van der Waals surface area contributed by atoms with Gasteiger partial charge in [-0.3, -0.25) is 9.59 Å². The highest BCUT2D eigenvalue weighted by molar-refractivity contribution is 6.88. The second kappa shape index (κ2) is 13.5. The molecule has 5 rings (SSSR count). The van der Waals surface area contributed by atoms with Gasteiger partial charge >= 0.3 is 12.0 Å². The van der Waals surface area contributed by atoms with Gasteiger partial charge in [0.2, 0.25) is 0 Å². The molecule has 0 N–H and O–H groups in total. The van der Waals surface area contributed by atoms with Crippen LogP contribution in [0.2, 0.25) is 19.6 Å². The SMILES string of the molecule is CCOc1ccc2c(c1)CCN(C(=O)N1CC(CC(=O)OCc3ccccc3)C1)C2C(=O)Cc1cc(F)c([Si](C)(C)C)c(F)c1. The summed E-state index contributed by atoms with van der Waals surface area (Å²) in [6, 6.07) is 16.2. The van der Waals surface area contributed by atoms with Crippen LogP contribution in [-0.4, -0.2) is 61.9 Å². The second-order valence-electron chi connectivity index (χ2n) is 12.9. The van der Waals surface area contributed by atoms with Crippen LogP contribution in [0.15, 0.2) is 60.7 Å². The number of fused-ring (bicyclic) bond motifs is 1. The summed E-state index contributed by atoms with van der Waals surface area (Å²) in [4.78, 5) is 43.3. The minimum absolute atomic E-state index is 0.0342. The average molecular weight is 635 g/mol. The van der Waals surface area contributed by atoms with Crippen molar-refractivity contribution in [2.24, 2.45) is 5.92 Å². The number of Topliss-reactive ketones (excluding diaryl/α,β-unsaturated/α-hetero) is 1. The molecule has 1 fully saturated rings. The molecule has 10 heteroatoms. The number of ether oxygens (including phenoxy) is 2. The van der Waals surface area contributed by atoms with Gasteiger partial charge in [0, 0.05) is 37.2 Å². The van der Waals surface area contributed by atoms with E-state index in [9.17, 15) is 14.4 Å². The molecule has 3 aromatic carbocycles. The average Bonchev–Trinajstić information content (AvgIpc) is 2.96. The van der Waals surface area contributed by atoms with Gasteiger partial charge in [-0.1, -0.05) is 56.0 Å². The van der Waals surface area contributed by atoms with E-state index in [-0.39, 0.29) is 53.9 Å². The van der Waals surface area contributed by atoms with Gasteiger partial charge in [-0.15, -0.1) is 0 Å². The lowest BCUT2D eigenvalue weighted by atomic mass is 9.87. The Labute approximate surface area is 264 Å². The minimum Gasteiger partial charge on any atom is -0.494 e. The summed E-state index contributed by atoms with van der Waals surface area (Å²) in [6.45, 7) is 9.24. The summed E-state index contributed by atoms with van der Waals surface area (Å²) in [6.07, 6.45) is 0.506. The summed E-state index contributed by atoms with van der Waals surface area (Å²) in [5.41, 5.74) is 2.73. The molecule has 3 aromatic rings. The fourth-order valence-electron chi connectivity index (χ4n) is 6.22. The van der Waals surface area contributed by atoms with Crippen molar-refractivity contribution in [1.29, 1.82) is 0 Å². The maximum atomic E-state index is 15.0. The van der Waals surface area contributed by atoms with Crippen LogP contribution >= 0.6 is 0 Å². The lowest BCUT2D eigenvalue weighted by molar-refractivity contribution is -0.147. The molecule has 0 bridgehead atoms. The Hall–Kier alpha value is -4.05. The van der Waals surface area contributed by atoms with E-state index in [0.29, 0.717) is 44.0 Å². The van der Waals surface area contributed by atoms with Crippen LogP contribution in [-0.2, 0) is 33.8 Å². The Morgan fingerprint density at radius 2 is 1.62 bits per heavy atom. The van der Waals surface area contributed by atoms with Crippen molar-refractivity contribution in [2.45, 2.75) is 58.5 Å². The number of carbonyl (C=O) groups excluding carboxylic acids is 3. The third-order valence-electron chi connectivity index (χ3n) is 8.36. The van der Waals surface area contributed by atoms with Gasteiger partial charge in [-0.05, 0) is 59.9 Å². The number of nitrogens with zero attached hydrogens (tertiary/aromatic N) is 2. The summed E-state index contributed by atoms with van der Waals surface area (Å²) >= 11 is 0. The minimum atomic E-state index is -2.28. The molecule has 0 spiro atoms. The van der Waals surface area contributed by atoms with E-state index >= 15 is 8.78 Å². The van der Waals surface area contributed by atoms with Crippen LogP contribution in [0, 0.1) is 17.6 Å². The molecule has 2 aliphatic heterocycles. The monoisotopic (exact) mass is 634 g/mol. The van der Waals surface area contributed by atoms with Crippen molar-refractivity contribution in [1.82, 2.24) is 9.80 Å². The van der Waals surface area contributed by atoms with Crippen molar-refractivity contribution in [3.63, 3.8) is 0 Å². The first kappa shape index (κ1) is 32.3. The molecule has 2 aliphatic rings. The van der Waals surface area contributed by atoms with E-state index in [2.05, 4.69) is 0 Å². The number of ketones is 1. The molecule has 0 saturated carbocycles. The van der Waals surface area contributed by atoms with E-state index in [0.717, 1.165) is 11.1 Å². The number of benzene rings is 3. The van der Waals surface area contributed by atoms with E-state index in [1.54, 1.807) is 21.9 Å². The third-order valence-corrected chi connectivity index (χ3v) is 10.3. The van der Waals surface area contributed by atoms with Crippen molar-refractivity contribution in [3.8, 4) is 5.75 Å². The first-order chi connectivity index (χ1) is 21.4. The van der Waals surface area contributed by atoms with Crippen molar-refractivity contribution in [2.75, 3.05) is 26.2 Å². The molecule has 238 valence electrons. The molecule has 0 radical (unpaired) electrons. The Morgan fingerprint density at radius 1 is 0.933 bits per heavy atom. The number of urea groups is 1. The first-order valence-corrected chi connectivity index (χ1v) is 19.0. The van der Waals surface area contributed by atoms with E-state index in [1.807, 2.05) is 63.0 Å². The van der Waals surface area contributed by atoms with Gasteiger partial charge in [0.05, 0.1) is 21.1 Å². The number of hydrogen-bond acceptors (Lipinski definition) is 5. The van der Waals surface area contributed by atoms with Crippen LogP contribution in [0.5, 0.6) is 5.75 Å². The third kappa shape index (κ3) is 7.44. The van der Waals surface area contributed by atoms with Crippen molar-refractivity contribution >= 4 is 31.0 Å². The lowest BCUT2D eigenvalue weighted by Gasteiger charge is -2.45. The van der Waals surface area contributed by atoms with Gasteiger partial charge in [-0.25, -0.2) is 13.6 Å². The fraction of sp³-hybridized carbons (Fsp3) is 0.400. The summed E-state index contributed by atoms with van der Waals surface area (Å²) < 4.78 is 41.2. The lowest BCUT2D eigenvalue weighted by Crippen LogP contribution is -2.57. The first-order valence-electron chi connectivity index (χ1n) is 15.5. The summed E-state index contributed by atoms with van der Waals surface area (Å²) in [7, 11) is -2.28. The van der Waals surface area contributed by atoms with Gasteiger partial charge in [0.15, 0.2) is 5.78 Å². The zero-order chi connectivity index (χ0) is 32.3. The number of halogens is 2. The van der Waals surface area contributed by atoms with Gasteiger partial charge in [-0.2, -0.15) is 0 Å². The highest BCUT2D eigenvalue weighted by Crippen LogP contribution is 2.36. The molecule has 2 amide bonds.